The molecule has 0 aliphatic rings. The number of ether oxygens (including phenoxy) is 1. The molecule has 1 aromatic rings. The summed E-state index contributed by atoms with van der Waals surface area (Å²) >= 11 is 0. The van der Waals surface area contributed by atoms with Crippen molar-refractivity contribution in [3.8, 4) is 11.8 Å². The van der Waals surface area contributed by atoms with Crippen molar-refractivity contribution >= 4 is 0 Å². The van der Waals surface area contributed by atoms with E-state index in [9.17, 15) is 13.2 Å². The Morgan fingerprint density at radius 3 is 2.29 bits per heavy atom. The first-order valence-electron chi connectivity index (χ1n) is 4.80. The van der Waals surface area contributed by atoms with Gasteiger partial charge in [0.15, 0.2) is 0 Å². The second kappa shape index (κ2) is 5.55. The van der Waals surface area contributed by atoms with Crippen LogP contribution in [0.15, 0.2) is 24.3 Å². The second-order valence-electron chi connectivity index (χ2n) is 3.40. The maximum atomic E-state index is 11.9. The van der Waals surface area contributed by atoms with Crippen LogP contribution in [0, 0.1) is 17.2 Å². The lowest BCUT2D eigenvalue weighted by atomic mass is 10.0. The predicted molar refractivity (Wildman–Crippen MR) is 53.0 cm³/mol. The summed E-state index contributed by atoms with van der Waals surface area (Å²) in [5.41, 5.74) is 0.667. The minimum absolute atomic E-state index is 0.280. The predicted octanol–water partition coefficient (Wildman–Crippen LogP) is 2.26. The lowest BCUT2D eigenvalue weighted by Crippen LogP contribution is -2.17. The van der Waals surface area contributed by atoms with Gasteiger partial charge in [0.25, 0.3) is 0 Å². The van der Waals surface area contributed by atoms with E-state index in [0.717, 1.165) is 0 Å². The highest BCUT2D eigenvalue weighted by Gasteiger charge is 2.30. The van der Waals surface area contributed by atoms with Crippen LogP contribution in [0.1, 0.15) is 5.56 Å². The van der Waals surface area contributed by atoms with Crippen LogP contribution in [0.2, 0.25) is 0 Å². The van der Waals surface area contributed by atoms with Crippen molar-refractivity contribution in [2.75, 3.05) is 6.61 Å². The van der Waals surface area contributed by atoms with Gasteiger partial charge in [-0.2, -0.15) is 5.26 Å². The van der Waals surface area contributed by atoms with Crippen molar-refractivity contribution in [3.63, 3.8) is 0 Å². The largest absolute Gasteiger partial charge is 0.573 e. The van der Waals surface area contributed by atoms with Gasteiger partial charge in [-0.15, -0.1) is 13.2 Å². The smallest absolute Gasteiger partial charge is 0.406 e. The van der Waals surface area contributed by atoms with E-state index >= 15 is 0 Å². The maximum absolute atomic E-state index is 11.9. The standard InChI is InChI=1S/C11H10F3NO2/c12-11(13,14)17-10-3-1-8(2-4-10)5-9(6-15)7-16/h1-4,9,16H,5,7H2. The first kappa shape index (κ1) is 13.3. The maximum Gasteiger partial charge on any atom is 0.573 e. The van der Waals surface area contributed by atoms with Gasteiger partial charge >= 0.3 is 6.36 Å². The molecule has 0 saturated heterocycles. The molecular weight excluding hydrogens is 235 g/mol. The number of nitriles is 1. The minimum atomic E-state index is -4.71. The number of nitrogens with zero attached hydrogens (tertiary/aromatic N) is 1. The van der Waals surface area contributed by atoms with Crippen molar-refractivity contribution in [1.29, 1.82) is 5.26 Å². The average molecular weight is 245 g/mol. The minimum Gasteiger partial charge on any atom is -0.406 e. The molecule has 0 radical (unpaired) electrons. The summed E-state index contributed by atoms with van der Waals surface area (Å²) in [6.07, 6.45) is -4.42. The molecule has 0 aliphatic heterocycles. The molecule has 0 spiro atoms. The lowest BCUT2D eigenvalue weighted by Gasteiger charge is -2.10. The molecule has 92 valence electrons. The van der Waals surface area contributed by atoms with Crippen molar-refractivity contribution in [1.82, 2.24) is 0 Å². The van der Waals surface area contributed by atoms with Crippen LogP contribution < -0.4 is 4.74 Å². The number of aliphatic hydroxyl groups is 1. The number of halogens is 3. The molecule has 1 N–H and O–H groups in total. The zero-order valence-electron chi connectivity index (χ0n) is 8.74. The normalized spacial score (nSPS) is 12.9. The van der Waals surface area contributed by atoms with Crippen LogP contribution in [-0.2, 0) is 6.42 Å². The molecule has 0 fully saturated rings. The molecule has 0 saturated carbocycles. The van der Waals surface area contributed by atoms with Gasteiger partial charge in [-0.25, -0.2) is 0 Å². The summed E-state index contributed by atoms with van der Waals surface area (Å²) in [6.45, 7) is -0.280. The molecule has 0 amide bonds. The van der Waals surface area contributed by atoms with Crippen LogP contribution in [0.5, 0.6) is 5.75 Å². The van der Waals surface area contributed by atoms with Crippen molar-refractivity contribution in [3.05, 3.63) is 29.8 Å². The van der Waals surface area contributed by atoms with Gasteiger partial charge in [-0.3, -0.25) is 0 Å². The quantitative estimate of drug-likeness (QED) is 0.885. The number of alkyl halides is 3. The Morgan fingerprint density at radius 1 is 1.29 bits per heavy atom. The van der Waals surface area contributed by atoms with Crippen molar-refractivity contribution in [2.45, 2.75) is 12.8 Å². The lowest BCUT2D eigenvalue weighted by molar-refractivity contribution is -0.274. The Kier molecular flexibility index (Phi) is 4.35. The van der Waals surface area contributed by atoms with Crippen molar-refractivity contribution in [2.24, 2.45) is 5.92 Å². The first-order chi connectivity index (χ1) is 7.94. The third-order valence-corrected chi connectivity index (χ3v) is 2.04. The summed E-state index contributed by atoms with van der Waals surface area (Å²) in [6, 6.07) is 7.11. The Morgan fingerprint density at radius 2 is 1.88 bits per heavy atom. The summed E-state index contributed by atoms with van der Waals surface area (Å²) in [5, 5.41) is 17.4. The molecule has 0 bridgehead atoms. The van der Waals surface area contributed by atoms with E-state index in [1.165, 1.54) is 24.3 Å². The van der Waals surface area contributed by atoms with Crippen LogP contribution in [0.3, 0.4) is 0 Å². The van der Waals surface area contributed by atoms with Gasteiger partial charge in [0.05, 0.1) is 18.6 Å². The number of aliphatic hydroxyl groups excluding tert-OH is 1. The molecule has 1 unspecified atom stereocenters. The number of rotatable bonds is 4. The highest BCUT2D eigenvalue weighted by atomic mass is 19.4. The van der Waals surface area contributed by atoms with Crippen LogP contribution in [0.4, 0.5) is 13.2 Å². The third kappa shape index (κ3) is 4.74. The first-order valence-corrected chi connectivity index (χ1v) is 4.80. The molecule has 0 aromatic heterocycles. The molecule has 3 nitrogen and oxygen atoms in total. The van der Waals surface area contributed by atoms with Gasteiger partial charge in [-0.1, -0.05) is 12.1 Å². The van der Waals surface area contributed by atoms with Crippen LogP contribution in [0.25, 0.3) is 0 Å². The molecule has 1 aromatic carbocycles. The fraction of sp³-hybridized carbons (Fsp3) is 0.364. The van der Waals surface area contributed by atoms with E-state index in [1.54, 1.807) is 0 Å². The fourth-order valence-electron chi connectivity index (χ4n) is 1.26. The Balaban J connectivity index is 2.66. The topological polar surface area (TPSA) is 53.2 Å². The van der Waals surface area contributed by atoms with Crippen LogP contribution in [-0.4, -0.2) is 18.1 Å². The molecule has 6 heteroatoms. The molecule has 1 atom stereocenters. The SMILES string of the molecule is N#CC(CO)Cc1ccc(OC(F)(F)F)cc1. The van der Waals surface area contributed by atoms with Gasteiger partial charge in [0, 0.05) is 0 Å². The fourth-order valence-corrected chi connectivity index (χ4v) is 1.26. The molecular formula is C11H10F3NO2. The van der Waals surface area contributed by atoms with Gasteiger partial charge in [0.1, 0.15) is 5.75 Å². The van der Waals surface area contributed by atoms with E-state index in [1.807, 2.05) is 6.07 Å². The van der Waals surface area contributed by atoms with Gasteiger partial charge < -0.3 is 9.84 Å². The van der Waals surface area contributed by atoms with Gasteiger partial charge in [-0.05, 0) is 24.1 Å². The highest BCUT2D eigenvalue weighted by molar-refractivity contribution is 5.28. The van der Waals surface area contributed by atoms with E-state index in [4.69, 9.17) is 10.4 Å². The van der Waals surface area contributed by atoms with E-state index < -0.39 is 12.3 Å². The zero-order valence-corrected chi connectivity index (χ0v) is 8.74. The molecule has 1 rings (SSSR count). The number of benzene rings is 1. The third-order valence-electron chi connectivity index (χ3n) is 2.04. The second-order valence-corrected chi connectivity index (χ2v) is 3.40. The zero-order chi connectivity index (χ0) is 12.9. The Bertz CT molecular complexity index is 395. The summed E-state index contributed by atoms with van der Waals surface area (Å²) < 4.78 is 39.3. The van der Waals surface area contributed by atoms with E-state index in [2.05, 4.69) is 4.74 Å². The molecule has 0 heterocycles. The number of hydrogen-bond acceptors (Lipinski definition) is 3. The Hall–Kier alpha value is -1.74. The van der Waals surface area contributed by atoms with E-state index in [-0.39, 0.29) is 12.4 Å². The number of hydrogen-bond donors (Lipinski definition) is 1. The molecule has 0 aliphatic carbocycles. The summed E-state index contributed by atoms with van der Waals surface area (Å²) in [4.78, 5) is 0. The van der Waals surface area contributed by atoms with E-state index in [0.29, 0.717) is 12.0 Å². The van der Waals surface area contributed by atoms with Crippen LogP contribution >= 0.6 is 0 Å². The Labute approximate surface area is 96.1 Å². The average Bonchev–Trinajstić information content (AvgIpc) is 2.26. The van der Waals surface area contributed by atoms with Crippen molar-refractivity contribution < 1.29 is 23.0 Å². The highest BCUT2D eigenvalue weighted by Crippen LogP contribution is 2.23. The van der Waals surface area contributed by atoms with Gasteiger partial charge in [0.2, 0.25) is 0 Å². The summed E-state index contributed by atoms with van der Waals surface area (Å²) in [5.74, 6) is -0.858. The summed E-state index contributed by atoms with van der Waals surface area (Å²) in [7, 11) is 0. The monoisotopic (exact) mass is 245 g/mol. The molecule has 17 heavy (non-hydrogen) atoms.